The van der Waals surface area contributed by atoms with Gasteiger partial charge in [-0.3, -0.25) is 0 Å². The average Bonchev–Trinajstić information content (AvgIpc) is 3.08. The van der Waals surface area contributed by atoms with Crippen molar-refractivity contribution < 1.29 is 18.3 Å². The van der Waals surface area contributed by atoms with Crippen LogP contribution in [0.5, 0.6) is 0 Å². The van der Waals surface area contributed by atoms with E-state index >= 15 is 0 Å². The van der Waals surface area contributed by atoms with Crippen LogP contribution >= 0.6 is 15.9 Å². The Morgan fingerprint density at radius 1 is 1.07 bits per heavy atom. The van der Waals surface area contributed by atoms with Gasteiger partial charge in [0.2, 0.25) is 10.0 Å². The molecule has 7 nitrogen and oxygen atoms in total. The van der Waals surface area contributed by atoms with Gasteiger partial charge in [0.1, 0.15) is 0 Å². The van der Waals surface area contributed by atoms with Crippen LogP contribution in [-0.4, -0.2) is 40.1 Å². The zero-order valence-corrected chi connectivity index (χ0v) is 17.0. The molecule has 0 amide bonds. The van der Waals surface area contributed by atoms with Crippen molar-refractivity contribution in [2.24, 2.45) is 0 Å². The van der Waals surface area contributed by atoms with Crippen LogP contribution in [0.1, 0.15) is 21.7 Å². The molecule has 1 aromatic heterocycles. The van der Waals surface area contributed by atoms with Gasteiger partial charge in [-0.25, -0.2) is 17.9 Å². The molecule has 0 unspecified atom stereocenters. The van der Waals surface area contributed by atoms with Gasteiger partial charge < -0.3 is 5.11 Å². The standard InChI is InChI=1S/C19H16BrN3O4S/c20-13-6-8-14(9-7-13)23-17-10-11-22(12-16(17)18(21-23)19(24)25)28(26,27)15-4-2-1-3-5-15/h1-9H,10-12H2,(H,24,25). The van der Waals surface area contributed by atoms with Crippen LogP contribution in [0.2, 0.25) is 0 Å². The highest BCUT2D eigenvalue weighted by atomic mass is 79.9. The molecule has 28 heavy (non-hydrogen) atoms. The molecular weight excluding hydrogens is 446 g/mol. The highest BCUT2D eigenvalue weighted by molar-refractivity contribution is 9.10. The predicted molar refractivity (Wildman–Crippen MR) is 106 cm³/mol. The number of nitrogens with zero attached hydrogens (tertiary/aromatic N) is 3. The number of carbonyl (C=O) groups is 1. The third-order valence-corrected chi connectivity index (χ3v) is 7.07. The van der Waals surface area contributed by atoms with Crippen LogP contribution in [-0.2, 0) is 23.0 Å². The number of aromatic nitrogens is 2. The predicted octanol–water partition coefficient (Wildman–Crippen LogP) is 3.08. The van der Waals surface area contributed by atoms with E-state index in [0.717, 1.165) is 15.9 Å². The van der Waals surface area contributed by atoms with Gasteiger partial charge in [-0.1, -0.05) is 34.1 Å². The lowest BCUT2D eigenvalue weighted by Crippen LogP contribution is -2.36. The smallest absolute Gasteiger partial charge is 0.356 e. The van der Waals surface area contributed by atoms with Crippen molar-refractivity contribution in [1.82, 2.24) is 14.1 Å². The molecule has 2 heterocycles. The SMILES string of the molecule is O=C(O)c1nn(-c2ccc(Br)cc2)c2c1CN(S(=O)(=O)c1ccccc1)CC2. The van der Waals surface area contributed by atoms with Crippen molar-refractivity contribution in [3.63, 3.8) is 0 Å². The van der Waals surface area contributed by atoms with Crippen molar-refractivity contribution in [3.8, 4) is 5.69 Å². The maximum Gasteiger partial charge on any atom is 0.356 e. The molecule has 0 saturated carbocycles. The molecule has 2 aromatic carbocycles. The minimum atomic E-state index is -3.71. The van der Waals surface area contributed by atoms with Gasteiger partial charge in [0.25, 0.3) is 0 Å². The highest BCUT2D eigenvalue weighted by Gasteiger charge is 2.34. The summed E-state index contributed by atoms with van der Waals surface area (Å²) in [4.78, 5) is 11.9. The average molecular weight is 462 g/mol. The second-order valence-electron chi connectivity index (χ2n) is 6.37. The van der Waals surface area contributed by atoms with E-state index < -0.39 is 16.0 Å². The molecule has 0 aliphatic carbocycles. The first-order chi connectivity index (χ1) is 13.4. The molecule has 1 aliphatic heterocycles. The third kappa shape index (κ3) is 3.25. The minimum Gasteiger partial charge on any atom is -0.476 e. The van der Waals surface area contributed by atoms with Crippen LogP contribution in [0.3, 0.4) is 0 Å². The summed E-state index contributed by atoms with van der Waals surface area (Å²) in [6.07, 6.45) is 0.373. The van der Waals surface area contributed by atoms with Gasteiger partial charge in [0.15, 0.2) is 5.69 Å². The van der Waals surface area contributed by atoms with Gasteiger partial charge in [0, 0.05) is 29.5 Å². The number of sulfonamides is 1. The zero-order chi connectivity index (χ0) is 19.9. The summed E-state index contributed by atoms with van der Waals surface area (Å²) in [6, 6.07) is 15.5. The summed E-state index contributed by atoms with van der Waals surface area (Å²) >= 11 is 3.38. The zero-order valence-electron chi connectivity index (χ0n) is 14.6. The van der Waals surface area contributed by atoms with Crippen molar-refractivity contribution in [1.29, 1.82) is 0 Å². The number of rotatable bonds is 4. The number of carboxylic acids is 1. The van der Waals surface area contributed by atoms with E-state index in [1.54, 1.807) is 22.9 Å². The van der Waals surface area contributed by atoms with Gasteiger partial charge >= 0.3 is 5.97 Å². The Kier molecular flexibility index (Phi) is 4.82. The summed E-state index contributed by atoms with van der Waals surface area (Å²) in [5.41, 5.74) is 1.76. The van der Waals surface area contributed by atoms with Gasteiger partial charge in [-0.05, 0) is 36.4 Å². The number of hydrogen-bond donors (Lipinski definition) is 1. The Morgan fingerprint density at radius 3 is 2.39 bits per heavy atom. The molecule has 0 spiro atoms. The fourth-order valence-electron chi connectivity index (χ4n) is 3.31. The van der Waals surface area contributed by atoms with Crippen molar-refractivity contribution in [2.45, 2.75) is 17.9 Å². The number of aromatic carboxylic acids is 1. The minimum absolute atomic E-state index is 0.0231. The number of fused-ring (bicyclic) bond motifs is 1. The molecule has 4 rings (SSSR count). The number of hydrogen-bond acceptors (Lipinski definition) is 4. The summed E-state index contributed by atoms with van der Waals surface area (Å²) in [7, 11) is -3.71. The lowest BCUT2D eigenvalue weighted by atomic mass is 10.1. The van der Waals surface area contributed by atoms with Crippen molar-refractivity contribution >= 4 is 31.9 Å². The Bertz CT molecular complexity index is 1140. The van der Waals surface area contributed by atoms with E-state index in [1.165, 1.54) is 16.4 Å². The topological polar surface area (TPSA) is 92.5 Å². The second kappa shape index (κ2) is 7.16. The first-order valence-electron chi connectivity index (χ1n) is 8.53. The Labute approximate surface area is 170 Å². The van der Waals surface area contributed by atoms with E-state index in [1.807, 2.05) is 24.3 Å². The fraction of sp³-hybridized carbons (Fsp3) is 0.158. The van der Waals surface area contributed by atoms with E-state index in [4.69, 9.17) is 0 Å². The molecule has 3 aromatic rings. The Balaban J connectivity index is 1.76. The molecule has 0 saturated heterocycles. The molecule has 0 bridgehead atoms. The Morgan fingerprint density at radius 2 is 1.75 bits per heavy atom. The number of halogens is 1. The van der Waals surface area contributed by atoms with E-state index in [9.17, 15) is 18.3 Å². The molecule has 0 radical (unpaired) electrons. The quantitative estimate of drug-likeness (QED) is 0.644. The molecular formula is C19H16BrN3O4S. The largest absolute Gasteiger partial charge is 0.476 e. The van der Waals surface area contributed by atoms with Gasteiger partial charge in [-0.2, -0.15) is 9.40 Å². The van der Waals surface area contributed by atoms with Crippen LogP contribution < -0.4 is 0 Å². The van der Waals surface area contributed by atoms with Crippen LogP contribution in [0.15, 0.2) is 64.0 Å². The van der Waals surface area contributed by atoms with Crippen LogP contribution in [0.4, 0.5) is 0 Å². The Hall–Kier alpha value is -2.49. The van der Waals surface area contributed by atoms with Gasteiger partial charge in [-0.15, -0.1) is 0 Å². The molecule has 0 atom stereocenters. The van der Waals surface area contributed by atoms with Crippen molar-refractivity contribution in [2.75, 3.05) is 6.54 Å². The molecule has 0 fully saturated rings. The first kappa shape index (κ1) is 18.9. The third-order valence-electron chi connectivity index (χ3n) is 4.68. The molecule has 1 N–H and O–H groups in total. The van der Waals surface area contributed by atoms with Crippen molar-refractivity contribution in [3.05, 3.63) is 76.0 Å². The number of benzene rings is 2. The lowest BCUT2D eigenvalue weighted by molar-refractivity contribution is 0.0688. The normalized spacial score (nSPS) is 14.6. The maximum atomic E-state index is 12.9. The second-order valence-corrected chi connectivity index (χ2v) is 9.22. The van der Waals surface area contributed by atoms with E-state index in [-0.39, 0.29) is 23.7 Å². The first-order valence-corrected chi connectivity index (χ1v) is 10.8. The molecule has 9 heteroatoms. The van der Waals surface area contributed by atoms with Crippen LogP contribution in [0.25, 0.3) is 5.69 Å². The summed E-state index contributed by atoms with van der Waals surface area (Å²) in [5.74, 6) is -1.17. The lowest BCUT2D eigenvalue weighted by Gasteiger charge is -2.27. The maximum absolute atomic E-state index is 12.9. The fourth-order valence-corrected chi connectivity index (χ4v) is 5.00. The number of carboxylic acid groups (broad SMARTS) is 1. The summed E-state index contributed by atoms with van der Waals surface area (Å²) < 4.78 is 29.7. The van der Waals surface area contributed by atoms with E-state index in [0.29, 0.717) is 12.0 Å². The monoisotopic (exact) mass is 461 g/mol. The molecule has 144 valence electrons. The van der Waals surface area contributed by atoms with Crippen LogP contribution in [0, 0.1) is 0 Å². The van der Waals surface area contributed by atoms with Gasteiger partial charge in [0.05, 0.1) is 16.3 Å². The highest BCUT2D eigenvalue weighted by Crippen LogP contribution is 2.29. The molecule has 1 aliphatic rings. The summed E-state index contributed by atoms with van der Waals surface area (Å²) in [5, 5.41) is 13.9. The van der Waals surface area contributed by atoms with E-state index in [2.05, 4.69) is 21.0 Å². The summed E-state index contributed by atoms with van der Waals surface area (Å²) in [6.45, 7) is 0.232.